The van der Waals surface area contributed by atoms with E-state index in [0.29, 0.717) is 35.3 Å². The van der Waals surface area contributed by atoms with Gasteiger partial charge in [0.1, 0.15) is 5.82 Å². The molecule has 1 N–H and O–H groups in total. The molecule has 5 nitrogen and oxygen atoms in total. The molecule has 33 heavy (non-hydrogen) atoms. The quantitative estimate of drug-likeness (QED) is 0.378. The first kappa shape index (κ1) is 21.4. The molecule has 0 spiro atoms. The molecular formula is C26H23FN4OS. The smallest absolute Gasteiger partial charge is 0.257 e. The van der Waals surface area contributed by atoms with Crippen LogP contribution in [0.2, 0.25) is 0 Å². The van der Waals surface area contributed by atoms with Gasteiger partial charge in [-0.2, -0.15) is 0 Å². The summed E-state index contributed by atoms with van der Waals surface area (Å²) in [4.78, 5) is 23.9. The predicted octanol–water partition coefficient (Wildman–Crippen LogP) is 5.82. The Balaban J connectivity index is 1.33. The van der Waals surface area contributed by atoms with Gasteiger partial charge in [0, 0.05) is 36.6 Å². The van der Waals surface area contributed by atoms with Crippen LogP contribution in [0.25, 0.3) is 10.9 Å². The summed E-state index contributed by atoms with van der Waals surface area (Å²) in [5.41, 5.74) is 4.08. The van der Waals surface area contributed by atoms with Crippen molar-refractivity contribution in [3.8, 4) is 0 Å². The number of nitrogens with zero attached hydrogens (tertiary/aromatic N) is 3. The minimum Gasteiger partial charge on any atom is -0.355 e. The highest BCUT2D eigenvalue weighted by atomic mass is 32.1. The third kappa shape index (κ3) is 4.68. The summed E-state index contributed by atoms with van der Waals surface area (Å²) in [5, 5.41) is 4.91. The third-order valence-electron chi connectivity index (χ3n) is 6.13. The van der Waals surface area contributed by atoms with Gasteiger partial charge in [0.05, 0.1) is 21.8 Å². The molecule has 0 aliphatic carbocycles. The highest BCUT2D eigenvalue weighted by Gasteiger charge is 2.26. The number of piperidine rings is 1. The normalized spacial score (nSPS) is 14.4. The van der Waals surface area contributed by atoms with Gasteiger partial charge in [0.15, 0.2) is 0 Å². The number of thiol groups is 1. The minimum atomic E-state index is -0.228. The molecule has 5 rings (SSSR count). The largest absolute Gasteiger partial charge is 0.355 e. The summed E-state index contributed by atoms with van der Waals surface area (Å²) in [6.45, 7) is 1.29. The van der Waals surface area contributed by atoms with Crippen molar-refractivity contribution in [2.45, 2.75) is 23.8 Å². The summed E-state index contributed by atoms with van der Waals surface area (Å²) in [6, 6.07) is 18.2. The first-order valence-corrected chi connectivity index (χ1v) is 11.4. The first-order valence-electron chi connectivity index (χ1n) is 10.9. The van der Waals surface area contributed by atoms with Gasteiger partial charge in [-0.05, 0) is 66.8 Å². The van der Waals surface area contributed by atoms with E-state index in [4.69, 9.17) is 0 Å². The molecule has 1 saturated heterocycles. The van der Waals surface area contributed by atoms with Crippen LogP contribution < -0.4 is 5.32 Å². The minimum absolute atomic E-state index is 0.0571. The molecule has 2 aromatic carbocycles. The van der Waals surface area contributed by atoms with E-state index in [1.54, 1.807) is 18.5 Å². The van der Waals surface area contributed by atoms with Gasteiger partial charge in [-0.25, -0.2) is 9.37 Å². The Hall–Kier alpha value is -3.45. The lowest BCUT2D eigenvalue weighted by Gasteiger charge is -2.32. The van der Waals surface area contributed by atoms with Crippen LogP contribution in [0.1, 0.15) is 34.7 Å². The van der Waals surface area contributed by atoms with Crippen LogP contribution in [0.3, 0.4) is 0 Å². The number of carbonyl (C=O) groups is 1. The zero-order valence-electron chi connectivity index (χ0n) is 17.9. The average molecular weight is 459 g/mol. The van der Waals surface area contributed by atoms with Crippen LogP contribution in [0, 0.1) is 5.82 Å². The fourth-order valence-electron chi connectivity index (χ4n) is 4.35. The second kappa shape index (κ2) is 9.19. The van der Waals surface area contributed by atoms with E-state index in [9.17, 15) is 9.18 Å². The molecular weight excluding hydrogens is 435 g/mol. The van der Waals surface area contributed by atoms with Gasteiger partial charge < -0.3 is 10.2 Å². The fourth-order valence-corrected chi connectivity index (χ4v) is 4.54. The van der Waals surface area contributed by atoms with Crippen LogP contribution in [0.4, 0.5) is 15.8 Å². The van der Waals surface area contributed by atoms with E-state index in [1.807, 2.05) is 47.4 Å². The van der Waals surface area contributed by atoms with Crippen LogP contribution in [0.5, 0.6) is 0 Å². The van der Waals surface area contributed by atoms with Crippen molar-refractivity contribution in [3.63, 3.8) is 0 Å². The summed E-state index contributed by atoms with van der Waals surface area (Å²) in [7, 11) is 0. The lowest BCUT2D eigenvalue weighted by atomic mass is 9.89. The van der Waals surface area contributed by atoms with Gasteiger partial charge in [-0.15, -0.1) is 12.6 Å². The van der Waals surface area contributed by atoms with E-state index in [2.05, 4.69) is 27.9 Å². The number of pyridine rings is 2. The van der Waals surface area contributed by atoms with Crippen molar-refractivity contribution in [2.75, 3.05) is 18.4 Å². The number of fused-ring (bicyclic) bond motifs is 1. The van der Waals surface area contributed by atoms with E-state index in [1.165, 1.54) is 12.1 Å². The van der Waals surface area contributed by atoms with Gasteiger partial charge in [-0.3, -0.25) is 9.78 Å². The van der Waals surface area contributed by atoms with E-state index >= 15 is 0 Å². The number of nitrogens with one attached hydrogen (secondary N) is 1. The van der Waals surface area contributed by atoms with Crippen LogP contribution >= 0.6 is 12.6 Å². The number of hydrogen-bond donors (Lipinski definition) is 2. The highest BCUT2D eigenvalue weighted by Crippen LogP contribution is 2.31. The Morgan fingerprint density at radius 3 is 2.61 bits per heavy atom. The molecule has 1 aliphatic heterocycles. The monoisotopic (exact) mass is 458 g/mol. The summed E-state index contributed by atoms with van der Waals surface area (Å²) < 4.78 is 13.2. The second-order valence-electron chi connectivity index (χ2n) is 8.24. The van der Waals surface area contributed by atoms with Gasteiger partial charge in [-0.1, -0.05) is 18.2 Å². The molecule has 0 unspecified atom stereocenters. The molecule has 1 aliphatic rings. The predicted molar refractivity (Wildman–Crippen MR) is 131 cm³/mol. The molecule has 1 fully saturated rings. The SMILES string of the molecule is O=C(c1cnc(S)cc1Nc1ccc2ncccc2c1)N1CCC(c2ccc(F)cc2)CC1. The van der Waals surface area contributed by atoms with Crippen molar-refractivity contribution < 1.29 is 9.18 Å². The molecule has 0 bridgehead atoms. The van der Waals surface area contributed by atoms with Crippen molar-refractivity contribution in [1.82, 2.24) is 14.9 Å². The highest BCUT2D eigenvalue weighted by molar-refractivity contribution is 7.80. The number of aromatic nitrogens is 2. The van der Waals surface area contributed by atoms with Crippen molar-refractivity contribution in [2.24, 2.45) is 0 Å². The number of amides is 1. The zero-order chi connectivity index (χ0) is 22.8. The number of likely N-dealkylation sites (tertiary alicyclic amines) is 1. The third-order valence-corrected chi connectivity index (χ3v) is 6.37. The number of hydrogen-bond acceptors (Lipinski definition) is 5. The lowest BCUT2D eigenvalue weighted by molar-refractivity contribution is 0.0713. The summed E-state index contributed by atoms with van der Waals surface area (Å²) in [5.74, 6) is 0.0453. The maximum Gasteiger partial charge on any atom is 0.257 e. The maximum atomic E-state index is 13.4. The van der Waals surface area contributed by atoms with Crippen molar-refractivity contribution in [3.05, 3.63) is 90.0 Å². The molecule has 0 radical (unpaired) electrons. The number of halogens is 1. The molecule has 7 heteroatoms. The Kier molecular flexibility index (Phi) is 5.96. The molecule has 4 aromatic rings. The van der Waals surface area contributed by atoms with E-state index in [0.717, 1.165) is 35.0 Å². The topological polar surface area (TPSA) is 58.1 Å². The number of carbonyl (C=O) groups excluding carboxylic acids is 1. The van der Waals surface area contributed by atoms with Gasteiger partial charge in [0.25, 0.3) is 5.91 Å². The first-order chi connectivity index (χ1) is 16.1. The van der Waals surface area contributed by atoms with E-state index in [-0.39, 0.29) is 11.7 Å². The molecule has 3 heterocycles. The Bertz CT molecular complexity index is 1300. The summed E-state index contributed by atoms with van der Waals surface area (Å²) >= 11 is 4.37. The molecule has 0 saturated carbocycles. The average Bonchev–Trinajstić information content (AvgIpc) is 2.84. The number of benzene rings is 2. The Morgan fingerprint density at radius 1 is 1.03 bits per heavy atom. The van der Waals surface area contributed by atoms with Crippen molar-refractivity contribution >= 4 is 40.8 Å². The van der Waals surface area contributed by atoms with Crippen LogP contribution in [-0.4, -0.2) is 33.9 Å². The number of anilines is 2. The van der Waals surface area contributed by atoms with Gasteiger partial charge in [0.2, 0.25) is 0 Å². The van der Waals surface area contributed by atoms with Gasteiger partial charge >= 0.3 is 0 Å². The van der Waals surface area contributed by atoms with Crippen LogP contribution in [-0.2, 0) is 0 Å². The maximum absolute atomic E-state index is 13.4. The molecule has 0 atom stereocenters. The summed E-state index contributed by atoms with van der Waals surface area (Å²) in [6.07, 6.45) is 5.04. The fraction of sp³-hybridized carbons (Fsp3) is 0.192. The molecule has 1 amide bonds. The number of rotatable bonds is 4. The standard InChI is InChI=1S/C26H23FN4OS/c27-20-5-3-17(4-6-20)18-9-12-31(13-10-18)26(32)22-16-29-25(33)15-24(22)30-21-7-8-23-19(14-21)2-1-11-28-23/h1-8,11,14-16,18H,9-10,12-13H2,(H2,29,30,33). The second-order valence-corrected chi connectivity index (χ2v) is 8.70. The lowest BCUT2D eigenvalue weighted by Crippen LogP contribution is -2.38. The van der Waals surface area contributed by atoms with E-state index < -0.39 is 0 Å². The van der Waals surface area contributed by atoms with Crippen molar-refractivity contribution in [1.29, 1.82) is 0 Å². The molecule has 166 valence electrons. The molecule has 2 aromatic heterocycles. The zero-order valence-corrected chi connectivity index (χ0v) is 18.8. The van der Waals surface area contributed by atoms with Crippen LogP contribution in [0.15, 0.2) is 78.1 Å². The Morgan fingerprint density at radius 2 is 1.82 bits per heavy atom. The Labute approximate surface area is 197 Å².